The van der Waals surface area contributed by atoms with Crippen LogP contribution in [-0.2, 0) is 0 Å². The largest absolute Gasteiger partial charge is 0.335 e. The zero-order valence-corrected chi connectivity index (χ0v) is 11.2. The molecule has 0 bridgehead atoms. The summed E-state index contributed by atoms with van der Waals surface area (Å²) in [5.41, 5.74) is 7.82. The molecule has 20 heavy (non-hydrogen) atoms. The lowest BCUT2D eigenvalue weighted by atomic mass is 9.85. The molecule has 0 spiro atoms. The summed E-state index contributed by atoms with van der Waals surface area (Å²) in [7, 11) is 0. The molecule has 4 rings (SSSR count). The lowest BCUT2D eigenvalue weighted by molar-refractivity contribution is 0.0351. The number of nitrogens with zero attached hydrogens (tertiary/aromatic N) is 2. The fourth-order valence-electron chi connectivity index (χ4n) is 3.12. The van der Waals surface area contributed by atoms with Crippen molar-refractivity contribution < 1.29 is 4.79 Å². The number of hydrogen-bond acceptors (Lipinski definition) is 3. The number of carbonyl (C=O) groups is 1. The Balaban J connectivity index is 1.55. The van der Waals surface area contributed by atoms with Crippen molar-refractivity contribution >= 4 is 16.8 Å². The van der Waals surface area contributed by atoms with Crippen LogP contribution in [-0.4, -0.2) is 34.4 Å². The van der Waals surface area contributed by atoms with Crippen molar-refractivity contribution in [3.05, 3.63) is 42.1 Å². The van der Waals surface area contributed by atoms with Crippen LogP contribution in [0, 0.1) is 5.92 Å². The van der Waals surface area contributed by atoms with E-state index in [1.54, 1.807) is 6.20 Å². The Morgan fingerprint density at radius 1 is 1.30 bits per heavy atom. The van der Waals surface area contributed by atoms with E-state index < -0.39 is 0 Å². The summed E-state index contributed by atoms with van der Waals surface area (Å²) in [5, 5.41) is 1.00. The Morgan fingerprint density at radius 3 is 2.85 bits per heavy atom. The fraction of sp³-hybridized carbons (Fsp3) is 0.375. The van der Waals surface area contributed by atoms with Crippen LogP contribution in [0.4, 0.5) is 0 Å². The van der Waals surface area contributed by atoms with Crippen LogP contribution in [0.1, 0.15) is 23.2 Å². The van der Waals surface area contributed by atoms with E-state index in [1.807, 2.05) is 35.2 Å². The minimum atomic E-state index is -0.117. The number of fused-ring (bicyclic) bond motifs is 1. The smallest absolute Gasteiger partial charge is 0.254 e. The van der Waals surface area contributed by atoms with Crippen LogP contribution >= 0.6 is 0 Å². The first-order chi connectivity index (χ1) is 9.66. The molecular weight excluding hydrogens is 250 g/mol. The van der Waals surface area contributed by atoms with E-state index in [0.29, 0.717) is 19.0 Å². The Kier molecular flexibility index (Phi) is 2.39. The maximum atomic E-state index is 12.5. The third-order valence-corrected chi connectivity index (χ3v) is 4.50. The van der Waals surface area contributed by atoms with Gasteiger partial charge >= 0.3 is 0 Å². The number of hydrogen-bond donors (Lipinski definition) is 1. The summed E-state index contributed by atoms with van der Waals surface area (Å²) in [4.78, 5) is 18.6. The highest BCUT2D eigenvalue weighted by molar-refractivity contribution is 5.98. The van der Waals surface area contributed by atoms with E-state index in [1.165, 1.54) is 12.8 Å². The highest BCUT2D eigenvalue weighted by Gasteiger charge is 2.51. The van der Waals surface area contributed by atoms with Crippen molar-refractivity contribution in [2.75, 3.05) is 13.1 Å². The Hall–Kier alpha value is -1.94. The van der Waals surface area contributed by atoms with Crippen molar-refractivity contribution in [3.63, 3.8) is 0 Å². The van der Waals surface area contributed by atoms with Crippen molar-refractivity contribution in [2.24, 2.45) is 11.7 Å². The van der Waals surface area contributed by atoms with Gasteiger partial charge in [-0.15, -0.1) is 0 Å². The van der Waals surface area contributed by atoms with E-state index in [0.717, 1.165) is 16.5 Å². The van der Waals surface area contributed by atoms with Gasteiger partial charge in [0, 0.05) is 30.2 Å². The average Bonchev–Trinajstić information content (AvgIpc) is 3.27. The van der Waals surface area contributed by atoms with Crippen molar-refractivity contribution in [1.29, 1.82) is 0 Å². The molecule has 2 fully saturated rings. The summed E-state index contributed by atoms with van der Waals surface area (Å²) in [6, 6.07) is 9.54. The Morgan fingerprint density at radius 2 is 2.10 bits per heavy atom. The molecule has 0 radical (unpaired) electrons. The van der Waals surface area contributed by atoms with Gasteiger partial charge in [0.15, 0.2) is 0 Å². The predicted molar refractivity (Wildman–Crippen MR) is 77.3 cm³/mol. The molecule has 0 unspecified atom stereocenters. The van der Waals surface area contributed by atoms with Crippen molar-refractivity contribution in [1.82, 2.24) is 9.88 Å². The van der Waals surface area contributed by atoms with Crippen LogP contribution in [0.15, 0.2) is 36.5 Å². The third-order valence-electron chi connectivity index (χ3n) is 4.50. The average molecular weight is 267 g/mol. The normalized spacial score (nSPS) is 20.8. The van der Waals surface area contributed by atoms with Gasteiger partial charge in [-0.3, -0.25) is 9.78 Å². The standard InChI is InChI=1S/C16H17N3O/c17-16(13-4-5-13)9-19(10-16)15(20)12-3-6-14-11(8-12)2-1-7-18-14/h1-3,6-8,13H,4-5,9-10,17H2. The molecule has 1 saturated heterocycles. The summed E-state index contributed by atoms with van der Waals surface area (Å²) < 4.78 is 0. The maximum absolute atomic E-state index is 12.5. The van der Waals surface area contributed by atoms with Gasteiger partial charge in [-0.1, -0.05) is 6.07 Å². The molecule has 4 nitrogen and oxygen atoms in total. The SMILES string of the molecule is NC1(C2CC2)CN(C(=O)c2ccc3ncccc3c2)C1. The van der Waals surface area contributed by atoms with Crippen LogP contribution in [0.5, 0.6) is 0 Å². The zero-order valence-electron chi connectivity index (χ0n) is 11.2. The number of likely N-dealkylation sites (tertiary alicyclic amines) is 1. The lowest BCUT2D eigenvalue weighted by Gasteiger charge is -2.48. The minimum Gasteiger partial charge on any atom is -0.335 e. The highest BCUT2D eigenvalue weighted by atomic mass is 16.2. The van der Waals surface area contributed by atoms with Gasteiger partial charge in [0.25, 0.3) is 5.91 Å². The second kappa shape index (κ2) is 4.03. The van der Waals surface area contributed by atoms with E-state index >= 15 is 0 Å². The molecule has 0 atom stereocenters. The summed E-state index contributed by atoms with van der Waals surface area (Å²) in [5.74, 6) is 0.713. The number of amides is 1. The summed E-state index contributed by atoms with van der Waals surface area (Å²) >= 11 is 0. The molecule has 2 heterocycles. The first-order valence-electron chi connectivity index (χ1n) is 7.09. The first kappa shape index (κ1) is 11.9. The first-order valence-corrected chi connectivity index (χ1v) is 7.09. The van der Waals surface area contributed by atoms with Gasteiger partial charge in [0.1, 0.15) is 0 Å². The number of nitrogens with two attached hydrogens (primary N) is 1. The number of pyridine rings is 1. The number of benzene rings is 1. The van der Waals surface area contributed by atoms with E-state index in [4.69, 9.17) is 5.73 Å². The molecular formula is C16H17N3O. The van der Waals surface area contributed by atoms with E-state index in [9.17, 15) is 4.79 Å². The van der Waals surface area contributed by atoms with Crippen LogP contribution in [0.25, 0.3) is 10.9 Å². The second-order valence-corrected chi connectivity index (χ2v) is 6.08. The number of rotatable bonds is 2. The quantitative estimate of drug-likeness (QED) is 0.902. The molecule has 1 saturated carbocycles. The predicted octanol–water partition coefficient (Wildman–Crippen LogP) is 1.80. The molecule has 1 aliphatic carbocycles. The topological polar surface area (TPSA) is 59.2 Å². The number of aromatic nitrogens is 1. The van der Waals surface area contributed by atoms with Crippen molar-refractivity contribution in [3.8, 4) is 0 Å². The molecule has 1 amide bonds. The van der Waals surface area contributed by atoms with Gasteiger partial charge in [0.2, 0.25) is 0 Å². The molecule has 102 valence electrons. The van der Waals surface area contributed by atoms with Crippen molar-refractivity contribution in [2.45, 2.75) is 18.4 Å². The highest BCUT2D eigenvalue weighted by Crippen LogP contribution is 2.43. The lowest BCUT2D eigenvalue weighted by Crippen LogP contribution is -2.69. The van der Waals surface area contributed by atoms with Gasteiger partial charge in [-0.2, -0.15) is 0 Å². The van der Waals surface area contributed by atoms with Gasteiger partial charge in [-0.25, -0.2) is 0 Å². The molecule has 1 aromatic heterocycles. The zero-order chi connectivity index (χ0) is 13.7. The van der Waals surface area contributed by atoms with E-state index in [-0.39, 0.29) is 11.4 Å². The summed E-state index contributed by atoms with van der Waals surface area (Å²) in [6.07, 6.45) is 4.21. The fourth-order valence-corrected chi connectivity index (χ4v) is 3.12. The van der Waals surface area contributed by atoms with Crippen LogP contribution in [0.3, 0.4) is 0 Å². The monoisotopic (exact) mass is 267 g/mol. The van der Waals surface area contributed by atoms with Gasteiger partial charge < -0.3 is 10.6 Å². The second-order valence-electron chi connectivity index (χ2n) is 6.08. The third kappa shape index (κ3) is 1.79. The van der Waals surface area contributed by atoms with Crippen LogP contribution in [0.2, 0.25) is 0 Å². The van der Waals surface area contributed by atoms with Gasteiger partial charge in [-0.05, 0) is 43.0 Å². The van der Waals surface area contributed by atoms with Crippen LogP contribution < -0.4 is 5.73 Å². The molecule has 1 aromatic carbocycles. The van der Waals surface area contributed by atoms with E-state index in [2.05, 4.69) is 4.98 Å². The molecule has 2 aliphatic rings. The molecule has 2 N–H and O–H groups in total. The molecule has 2 aromatic rings. The summed E-state index contributed by atoms with van der Waals surface area (Å²) in [6.45, 7) is 1.39. The Labute approximate surface area is 117 Å². The molecule has 1 aliphatic heterocycles. The molecule has 4 heteroatoms. The maximum Gasteiger partial charge on any atom is 0.254 e. The minimum absolute atomic E-state index is 0.0810. The van der Waals surface area contributed by atoms with Gasteiger partial charge in [0.05, 0.1) is 11.1 Å². The number of carbonyl (C=O) groups excluding carboxylic acids is 1. The Bertz CT molecular complexity index is 687.